The zero-order valence-corrected chi connectivity index (χ0v) is 10.3. The van der Waals surface area contributed by atoms with Crippen LogP contribution in [-0.2, 0) is 0 Å². The van der Waals surface area contributed by atoms with E-state index in [1.54, 1.807) is 12.4 Å². The summed E-state index contributed by atoms with van der Waals surface area (Å²) < 4.78 is 26.6. The standard InChI is InChI=1S/C13H12F2N2S/c14-10-1-2-11(15)12(7-10)18-13(8-16)9-3-5-17-6-4-9/h1-7,13H,8,16H2. The number of hydrogen-bond donors (Lipinski definition) is 1. The molecule has 0 saturated heterocycles. The number of halogens is 2. The van der Waals surface area contributed by atoms with Crippen molar-refractivity contribution in [3.05, 3.63) is 59.9 Å². The van der Waals surface area contributed by atoms with Gasteiger partial charge in [-0.2, -0.15) is 0 Å². The lowest BCUT2D eigenvalue weighted by molar-refractivity contribution is 0.576. The van der Waals surface area contributed by atoms with E-state index in [9.17, 15) is 8.78 Å². The number of benzene rings is 1. The highest BCUT2D eigenvalue weighted by Gasteiger charge is 2.14. The van der Waals surface area contributed by atoms with Crippen molar-refractivity contribution in [2.45, 2.75) is 10.1 Å². The zero-order valence-electron chi connectivity index (χ0n) is 9.51. The summed E-state index contributed by atoms with van der Waals surface area (Å²) in [6, 6.07) is 7.05. The van der Waals surface area contributed by atoms with Gasteiger partial charge >= 0.3 is 0 Å². The lowest BCUT2D eigenvalue weighted by Crippen LogP contribution is -2.09. The number of nitrogens with zero attached hydrogens (tertiary/aromatic N) is 1. The largest absolute Gasteiger partial charge is 0.329 e. The van der Waals surface area contributed by atoms with Crippen molar-refractivity contribution in [2.24, 2.45) is 5.73 Å². The van der Waals surface area contributed by atoms with Crippen LogP contribution < -0.4 is 5.73 Å². The molecule has 1 atom stereocenters. The van der Waals surface area contributed by atoms with E-state index < -0.39 is 11.6 Å². The third-order valence-corrected chi connectivity index (χ3v) is 3.77. The predicted octanol–water partition coefficient (Wildman–Crippen LogP) is 3.15. The molecule has 1 unspecified atom stereocenters. The quantitative estimate of drug-likeness (QED) is 0.864. The molecule has 2 N–H and O–H groups in total. The predicted molar refractivity (Wildman–Crippen MR) is 68.2 cm³/mol. The van der Waals surface area contributed by atoms with Gasteiger partial charge in [0.05, 0.1) is 0 Å². The molecular weight excluding hydrogens is 254 g/mol. The summed E-state index contributed by atoms with van der Waals surface area (Å²) >= 11 is 1.21. The molecule has 0 spiro atoms. The minimum atomic E-state index is -0.454. The summed E-state index contributed by atoms with van der Waals surface area (Å²) in [5, 5.41) is -0.121. The average Bonchev–Trinajstić information content (AvgIpc) is 2.41. The van der Waals surface area contributed by atoms with Crippen molar-refractivity contribution in [2.75, 3.05) is 6.54 Å². The van der Waals surface area contributed by atoms with Crippen LogP contribution in [0.4, 0.5) is 8.78 Å². The molecule has 0 bridgehead atoms. The van der Waals surface area contributed by atoms with Crippen LogP contribution in [0.1, 0.15) is 10.8 Å². The fourth-order valence-corrected chi connectivity index (χ4v) is 2.61. The number of pyridine rings is 1. The molecule has 2 nitrogen and oxygen atoms in total. The van der Waals surface area contributed by atoms with Gasteiger partial charge in [0.2, 0.25) is 0 Å². The Bertz CT molecular complexity index is 520. The summed E-state index contributed by atoms with van der Waals surface area (Å²) in [4.78, 5) is 4.18. The Kier molecular flexibility index (Phi) is 4.28. The van der Waals surface area contributed by atoms with Gasteiger partial charge in [0.15, 0.2) is 0 Å². The SMILES string of the molecule is NCC(Sc1cc(F)ccc1F)c1ccncc1. The van der Waals surface area contributed by atoms with Gasteiger partial charge in [-0.05, 0) is 35.9 Å². The molecule has 0 aliphatic rings. The minimum Gasteiger partial charge on any atom is -0.329 e. The van der Waals surface area contributed by atoms with Crippen LogP contribution in [0.25, 0.3) is 0 Å². The van der Waals surface area contributed by atoms with Gasteiger partial charge < -0.3 is 5.73 Å². The van der Waals surface area contributed by atoms with Gasteiger partial charge in [-0.25, -0.2) is 8.78 Å². The maximum atomic E-state index is 13.5. The van der Waals surface area contributed by atoms with Gasteiger partial charge in [-0.15, -0.1) is 11.8 Å². The third-order valence-electron chi connectivity index (χ3n) is 2.45. The summed E-state index contributed by atoms with van der Waals surface area (Å²) in [5.41, 5.74) is 6.63. The molecule has 0 fully saturated rings. The van der Waals surface area contributed by atoms with Crippen LogP contribution in [0.5, 0.6) is 0 Å². The van der Waals surface area contributed by atoms with Crippen LogP contribution in [0.15, 0.2) is 47.6 Å². The minimum absolute atomic E-state index is 0.121. The lowest BCUT2D eigenvalue weighted by atomic mass is 10.2. The van der Waals surface area contributed by atoms with Crippen molar-refractivity contribution in [3.63, 3.8) is 0 Å². The molecule has 5 heteroatoms. The van der Waals surface area contributed by atoms with Gasteiger partial charge in [-0.3, -0.25) is 4.98 Å². The molecule has 0 saturated carbocycles. The molecule has 18 heavy (non-hydrogen) atoms. The first-order valence-electron chi connectivity index (χ1n) is 5.42. The van der Waals surface area contributed by atoms with Crippen LogP contribution >= 0.6 is 11.8 Å². The molecule has 0 aliphatic heterocycles. The number of hydrogen-bond acceptors (Lipinski definition) is 3. The Hall–Kier alpha value is -1.46. The molecule has 2 aromatic rings. The van der Waals surface area contributed by atoms with Gasteiger partial charge in [-0.1, -0.05) is 0 Å². The van der Waals surface area contributed by atoms with Crippen molar-refractivity contribution >= 4 is 11.8 Å². The number of aromatic nitrogens is 1. The lowest BCUT2D eigenvalue weighted by Gasteiger charge is -2.15. The normalized spacial score (nSPS) is 12.4. The topological polar surface area (TPSA) is 38.9 Å². The van der Waals surface area contributed by atoms with E-state index in [2.05, 4.69) is 4.98 Å². The maximum absolute atomic E-state index is 13.5. The number of rotatable bonds is 4. The van der Waals surface area contributed by atoms with Crippen molar-refractivity contribution < 1.29 is 8.78 Å². The Labute approximate surface area is 108 Å². The van der Waals surface area contributed by atoms with E-state index >= 15 is 0 Å². The molecule has 1 aromatic heterocycles. The van der Waals surface area contributed by atoms with Crippen molar-refractivity contribution in [1.29, 1.82) is 0 Å². The van der Waals surface area contributed by atoms with E-state index in [1.165, 1.54) is 17.8 Å². The van der Waals surface area contributed by atoms with E-state index in [0.29, 0.717) is 6.54 Å². The summed E-state index contributed by atoms with van der Waals surface area (Å²) in [6.07, 6.45) is 3.31. The molecule has 0 radical (unpaired) electrons. The van der Waals surface area contributed by atoms with E-state index in [-0.39, 0.29) is 10.1 Å². The van der Waals surface area contributed by atoms with Gasteiger partial charge in [0.1, 0.15) is 11.6 Å². The first-order valence-corrected chi connectivity index (χ1v) is 6.30. The second-order valence-electron chi connectivity index (χ2n) is 3.70. The van der Waals surface area contributed by atoms with Crippen molar-refractivity contribution in [3.8, 4) is 0 Å². The first kappa shape index (κ1) is 13.0. The first-order chi connectivity index (χ1) is 8.70. The zero-order chi connectivity index (χ0) is 13.0. The molecule has 2 rings (SSSR count). The maximum Gasteiger partial charge on any atom is 0.136 e. The second-order valence-corrected chi connectivity index (χ2v) is 4.94. The van der Waals surface area contributed by atoms with E-state index in [4.69, 9.17) is 5.73 Å². The Morgan fingerprint density at radius 3 is 2.56 bits per heavy atom. The molecule has 0 aliphatic carbocycles. The third kappa shape index (κ3) is 3.05. The summed E-state index contributed by atoms with van der Waals surface area (Å²) in [7, 11) is 0. The summed E-state index contributed by atoms with van der Waals surface area (Å²) in [5.74, 6) is -0.890. The smallest absolute Gasteiger partial charge is 0.136 e. The van der Waals surface area contributed by atoms with Crippen LogP contribution in [0.2, 0.25) is 0 Å². The Morgan fingerprint density at radius 1 is 1.17 bits per heavy atom. The molecular formula is C13H12F2N2S. The molecule has 1 heterocycles. The summed E-state index contributed by atoms with van der Waals surface area (Å²) in [6.45, 7) is 0.338. The monoisotopic (exact) mass is 266 g/mol. The highest BCUT2D eigenvalue weighted by atomic mass is 32.2. The van der Waals surface area contributed by atoms with Crippen molar-refractivity contribution in [1.82, 2.24) is 4.98 Å². The highest BCUT2D eigenvalue weighted by molar-refractivity contribution is 7.99. The number of thioether (sulfide) groups is 1. The van der Waals surface area contributed by atoms with Crippen LogP contribution in [0.3, 0.4) is 0 Å². The van der Waals surface area contributed by atoms with Gasteiger partial charge in [0, 0.05) is 29.1 Å². The molecule has 94 valence electrons. The highest BCUT2D eigenvalue weighted by Crippen LogP contribution is 2.35. The van der Waals surface area contributed by atoms with Crippen LogP contribution in [0, 0.1) is 11.6 Å². The fourth-order valence-electron chi connectivity index (χ4n) is 1.55. The Balaban J connectivity index is 2.23. The second kappa shape index (κ2) is 5.93. The molecule has 0 amide bonds. The average molecular weight is 266 g/mol. The van der Waals surface area contributed by atoms with E-state index in [1.807, 2.05) is 12.1 Å². The Morgan fingerprint density at radius 2 is 1.89 bits per heavy atom. The molecule has 1 aromatic carbocycles. The van der Waals surface area contributed by atoms with Crippen LogP contribution in [-0.4, -0.2) is 11.5 Å². The van der Waals surface area contributed by atoms with Gasteiger partial charge in [0.25, 0.3) is 0 Å². The number of nitrogens with two attached hydrogens (primary N) is 1. The fraction of sp³-hybridized carbons (Fsp3) is 0.154. The van der Waals surface area contributed by atoms with E-state index in [0.717, 1.165) is 17.7 Å².